The number of amides is 3. The molecule has 1 heterocycles. The van der Waals surface area contributed by atoms with E-state index in [0.717, 1.165) is 11.1 Å². The summed E-state index contributed by atoms with van der Waals surface area (Å²) in [5.74, 6) is -1.53. The van der Waals surface area contributed by atoms with Crippen LogP contribution in [0.1, 0.15) is 33.2 Å². The van der Waals surface area contributed by atoms with Gasteiger partial charge in [0.2, 0.25) is 5.91 Å². The summed E-state index contributed by atoms with van der Waals surface area (Å²) in [5, 5.41) is 2.70. The first-order chi connectivity index (χ1) is 19.4. The van der Waals surface area contributed by atoms with E-state index < -0.39 is 30.0 Å². The number of carbonyl (C=O) groups excluding carboxylic acids is 3. The molecular weight excluding hydrogens is 509 g/mol. The van der Waals surface area contributed by atoms with E-state index in [9.17, 15) is 18.8 Å². The molecule has 0 bridgehead atoms. The van der Waals surface area contributed by atoms with Crippen molar-refractivity contribution in [2.45, 2.75) is 25.2 Å². The molecule has 1 aliphatic rings. The summed E-state index contributed by atoms with van der Waals surface area (Å²) in [5.41, 5.74) is 2.63. The smallest absolute Gasteiger partial charge is 0.411 e. The molecule has 8 heteroatoms. The monoisotopic (exact) mass is 537 g/mol. The lowest BCUT2D eigenvalue weighted by Crippen LogP contribution is -2.46. The Kier molecular flexibility index (Phi) is 7.87. The molecule has 0 aromatic heterocycles. The second kappa shape index (κ2) is 11.8. The summed E-state index contributed by atoms with van der Waals surface area (Å²) >= 11 is 0. The Morgan fingerprint density at radius 1 is 0.875 bits per heavy atom. The van der Waals surface area contributed by atoms with Crippen molar-refractivity contribution in [3.05, 3.63) is 137 Å². The van der Waals surface area contributed by atoms with E-state index >= 15 is 0 Å². The van der Waals surface area contributed by atoms with Gasteiger partial charge in [0.05, 0.1) is 12.1 Å². The number of halogens is 1. The van der Waals surface area contributed by atoms with Crippen LogP contribution in [0.2, 0.25) is 0 Å². The summed E-state index contributed by atoms with van der Waals surface area (Å²) < 4.78 is 19.9. The van der Waals surface area contributed by atoms with Crippen LogP contribution in [0.5, 0.6) is 0 Å². The third kappa shape index (κ3) is 5.86. The van der Waals surface area contributed by atoms with Crippen molar-refractivity contribution in [2.24, 2.45) is 0 Å². The second-order valence-corrected chi connectivity index (χ2v) is 9.60. The Labute approximate surface area is 231 Å². The molecule has 0 saturated carbocycles. The van der Waals surface area contributed by atoms with Gasteiger partial charge in [0.1, 0.15) is 5.82 Å². The van der Waals surface area contributed by atoms with Crippen LogP contribution in [0, 0.1) is 5.82 Å². The van der Waals surface area contributed by atoms with E-state index in [4.69, 9.17) is 4.74 Å². The van der Waals surface area contributed by atoms with E-state index in [1.54, 1.807) is 42.3 Å². The maximum Gasteiger partial charge on any atom is 0.411 e. The Morgan fingerprint density at radius 3 is 2.23 bits per heavy atom. The number of hydrogen-bond donors (Lipinski definition) is 1. The van der Waals surface area contributed by atoms with E-state index in [-0.39, 0.29) is 18.0 Å². The van der Waals surface area contributed by atoms with Crippen LogP contribution in [0.25, 0.3) is 0 Å². The van der Waals surface area contributed by atoms with Crippen molar-refractivity contribution in [3.8, 4) is 0 Å². The molecule has 202 valence electrons. The van der Waals surface area contributed by atoms with Gasteiger partial charge in [-0.25, -0.2) is 9.18 Å². The van der Waals surface area contributed by atoms with Gasteiger partial charge >= 0.3 is 6.09 Å². The van der Waals surface area contributed by atoms with Gasteiger partial charge in [-0.15, -0.1) is 0 Å². The van der Waals surface area contributed by atoms with E-state index in [1.807, 2.05) is 60.7 Å². The number of cyclic esters (lactones) is 1. The number of rotatable bonds is 8. The van der Waals surface area contributed by atoms with Gasteiger partial charge in [0.15, 0.2) is 12.1 Å². The fraction of sp³-hybridized carbons (Fsp3) is 0.156. The van der Waals surface area contributed by atoms with Crippen LogP contribution >= 0.6 is 0 Å². The van der Waals surface area contributed by atoms with Crippen molar-refractivity contribution >= 4 is 23.6 Å². The van der Waals surface area contributed by atoms with Crippen LogP contribution in [-0.4, -0.2) is 40.8 Å². The summed E-state index contributed by atoms with van der Waals surface area (Å²) in [4.78, 5) is 42.8. The molecule has 0 aliphatic carbocycles. The number of hydrogen-bond acceptors (Lipinski definition) is 4. The highest BCUT2D eigenvalue weighted by Crippen LogP contribution is 2.36. The van der Waals surface area contributed by atoms with Crippen LogP contribution in [0.3, 0.4) is 0 Å². The maximum absolute atomic E-state index is 14.1. The number of nitrogens with zero attached hydrogens (tertiary/aromatic N) is 2. The summed E-state index contributed by atoms with van der Waals surface area (Å²) in [6.07, 6.45) is -1.53. The van der Waals surface area contributed by atoms with Gasteiger partial charge in [-0.3, -0.25) is 14.5 Å². The first kappa shape index (κ1) is 26.6. The van der Waals surface area contributed by atoms with Crippen LogP contribution in [-0.2, 0) is 22.6 Å². The molecule has 4 aromatic rings. The average molecular weight is 538 g/mol. The minimum atomic E-state index is -0.945. The minimum Gasteiger partial charge on any atom is -0.438 e. The Balaban J connectivity index is 1.44. The van der Waals surface area contributed by atoms with Crippen molar-refractivity contribution in [1.82, 2.24) is 9.80 Å². The first-order valence-corrected chi connectivity index (χ1v) is 12.9. The molecule has 0 spiro atoms. The van der Waals surface area contributed by atoms with Crippen molar-refractivity contribution < 1.29 is 23.5 Å². The number of ether oxygens (including phenoxy) is 1. The minimum absolute atomic E-state index is 0.0928. The SMILES string of the molecule is CN(Cc1ccccc1)C(=O)C1C(c2cccc(NC(=O)c3ccccc3F)c2)OC(=O)N1Cc1ccccc1. The molecule has 5 rings (SSSR count). The number of benzene rings is 4. The van der Waals surface area contributed by atoms with Crippen LogP contribution in [0.4, 0.5) is 14.9 Å². The van der Waals surface area contributed by atoms with Gasteiger partial charge in [-0.2, -0.15) is 0 Å². The standard InChI is InChI=1S/C32H28FN3O4/c1-35(20-22-11-4-2-5-12-22)31(38)28-29(40-32(39)36(28)21-23-13-6-3-7-14-23)24-15-10-16-25(19-24)34-30(37)26-17-8-9-18-27(26)33/h2-19,28-29H,20-21H2,1H3,(H,34,37). The van der Waals surface area contributed by atoms with Gasteiger partial charge < -0.3 is 15.0 Å². The number of anilines is 1. The molecular formula is C32H28FN3O4. The lowest BCUT2D eigenvalue weighted by Gasteiger charge is -2.28. The average Bonchev–Trinajstić information content (AvgIpc) is 3.29. The number of nitrogens with one attached hydrogen (secondary N) is 1. The van der Waals surface area contributed by atoms with Crippen LogP contribution < -0.4 is 5.32 Å². The lowest BCUT2D eigenvalue weighted by molar-refractivity contribution is -0.136. The molecule has 2 atom stereocenters. The fourth-order valence-electron chi connectivity index (χ4n) is 4.77. The zero-order valence-electron chi connectivity index (χ0n) is 21.9. The van der Waals surface area contributed by atoms with Crippen molar-refractivity contribution in [1.29, 1.82) is 0 Å². The topological polar surface area (TPSA) is 79.0 Å². The highest BCUT2D eigenvalue weighted by Gasteiger charge is 2.48. The van der Waals surface area contributed by atoms with Gasteiger partial charge in [-0.1, -0.05) is 84.9 Å². The van der Waals surface area contributed by atoms with E-state index in [0.29, 0.717) is 17.8 Å². The number of carbonyl (C=O) groups is 3. The molecule has 0 radical (unpaired) electrons. The predicted molar refractivity (Wildman–Crippen MR) is 149 cm³/mol. The molecule has 1 saturated heterocycles. The Bertz CT molecular complexity index is 1510. The third-order valence-corrected chi connectivity index (χ3v) is 6.76. The molecule has 40 heavy (non-hydrogen) atoms. The number of likely N-dealkylation sites (N-methyl/N-ethyl adjacent to an activating group) is 1. The summed E-state index contributed by atoms with van der Waals surface area (Å²) in [7, 11) is 1.70. The highest BCUT2D eigenvalue weighted by molar-refractivity contribution is 6.04. The second-order valence-electron chi connectivity index (χ2n) is 9.60. The molecule has 3 amide bonds. The molecule has 1 N–H and O–H groups in total. The Morgan fingerprint density at radius 2 is 1.52 bits per heavy atom. The summed E-state index contributed by atoms with van der Waals surface area (Å²) in [6, 6.07) is 30.4. The van der Waals surface area contributed by atoms with Gasteiger partial charge in [0, 0.05) is 19.3 Å². The summed E-state index contributed by atoms with van der Waals surface area (Å²) in [6.45, 7) is 0.546. The normalized spacial score (nSPS) is 16.4. The van der Waals surface area contributed by atoms with Crippen molar-refractivity contribution in [2.75, 3.05) is 12.4 Å². The fourth-order valence-corrected chi connectivity index (χ4v) is 4.77. The quantitative estimate of drug-likeness (QED) is 0.308. The molecule has 1 fully saturated rings. The third-order valence-electron chi connectivity index (χ3n) is 6.76. The Hall–Kier alpha value is -4.98. The van der Waals surface area contributed by atoms with E-state index in [1.165, 1.54) is 23.1 Å². The van der Waals surface area contributed by atoms with Gasteiger partial charge in [-0.05, 0) is 41.0 Å². The molecule has 2 unspecified atom stereocenters. The maximum atomic E-state index is 14.1. The van der Waals surface area contributed by atoms with Crippen molar-refractivity contribution in [3.63, 3.8) is 0 Å². The van der Waals surface area contributed by atoms with E-state index in [2.05, 4.69) is 5.32 Å². The zero-order chi connectivity index (χ0) is 28.1. The zero-order valence-corrected chi connectivity index (χ0v) is 21.9. The molecule has 7 nitrogen and oxygen atoms in total. The van der Waals surface area contributed by atoms with Crippen LogP contribution in [0.15, 0.2) is 109 Å². The predicted octanol–water partition coefficient (Wildman–Crippen LogP) is 5.80. The molecule has 4 aromatic carbocycles. The van der Waals surface area contributed by atoms with Gasteiger partial charge in [0.25, 0.3) is 5.91 Å². The molecule has 1 aliphatic heterocycles. The largest absolute Gasteiger partial charge is 0.438 e. The lowest BCUT2D eigenvalue weighted by atomic mass is 9.99. The highest BCUT2D eigenvalue weighted by atomic mass is 19.1. The first-order valence-electron chi connectivity index (χ1n) is 12.9.